The van der Waals surface area contributed by atoms with E-state index in [1.807, 2.05) is 12.1 Å². The normalized spacial score (nSPS) is 12.1. The molecule has 3 aromatic carbocycles. The molecule has 0 aliphatic carbocycles. The first-order valence-corrected chi connectivity index (χ1v) is 18.9. The predicted molar refractivity (Wildman–Crippen MR) is 212 cm³/mol. The first-order valence-electron chi connectivity index (χ1n) is 18.9. The summed E-state index contributed by atoms with van der Waals surface area (Å²) in [5, 5.41) is 30.5. The summed E-state index contributed by atoms with van der Waals surface area (Å²) >= 11 is 0. The lowest BCUT2D eigenvalue weighted by Crippen LogP contribution is -2.09. The van der Waals surface area contributed by atoms with Crippen LogP contribution in [0.5, 0.6) is 11.5 Å². The minimum Gasteiger partial charge on any atom is -0.504 e. The number of Topliss-reactive ketones (excluding diaryl/α,β-unsaturated/α-hetero) is 1. The van der Waals surface area contributed by atoms with Crippen LogP contribution < -0.4 is 10.5 Å². The summed E-state index contributed by atoms with van der Waals surface area (Å²) in [7, 11) is 1.44. The standard InChI is InChI=1S/C45H56N2O6/c1-3-10-32(16-9-22-48)13-8-17-40(50)28-41(51)25-39(31-49)42-29-44(53-2)43(52)26-37(42)24-38-30-47-45(46)27-36(38)21-20-35-15-7-14-34(23-35)19-18-33-11-5-4-6-12-33/h4-7,11-12,14-15,23,25-27,29-30,32,48-49,52H,3,8-10,13,16-22,24,28,31H2,1-2H3,(H2,46,47). The second kappa shape index (κ2) is 21.7. The number of rotatable bonds is 23. The predicted octanol–water partition coefficient (Wildman–Crippen LogP) is 7.80. The SMILES string of the molecule is CCCC(CCCO)CCCC(=O)CC(=O)C=C(CO)c1cc(OC)c(O)cc1Cc1cnc(N)cc1CCc1cccc(CCc2ccccc2)c1. The largest absolute Gasteiger partial charge is 0.504 e. The molecule has 1 heterocycles. The Hall–Kier alpha value is -4.79. The van der Waals surface area contributed by atoms with Gasteiger partial charge in [0.15, 0.2) is 17.3 Å². The number of ketones is 2. The number of allylic oxidation sites excluding steroid dienone is 1. The number of benzene rings is 3. The number of aliphatic hydroxyl groups excluding tert-OH is 2. The van der Waals surface area contributed by atoms with Gasteiger partial charge in [0.05, 0.1) is 20.1 Å². The number of aromatic hydroxyl groups is 1. The highest BCUT2D eigenvalue weighted by atomic mass is 16.5. The van der Waals surface area contributed by atoms with Crippen molar-refractivity contribution >= 4 is 23.0 Å². The molecule has 1 atom stereocenters. The van der Waals surface area contributed by atoms with Crippen LogP contribution in [-0.2, 0) is 41.7 Å². The van der Waals surface area contributed by atoms with E-state index < -0.39 is 6.61 Å². The van der Waals surface area contributed by atoms with Gasteiger partial charge in [-0.3, -0.25) is 9.59 Å². The van der Waals surface area contributed by atoms with E-state index in [-0.39, 0.29) is 36.1 Å². The molecular formula is C45H56N2O6. The van der Waals surface area contributed by atoms with Gasteiger partial charge in [0.25, 0.3) is 0 Å². The fraction of sp³-hybridized carbons (Fsp3) is 0.400. The van der Waals surface area contributed by atoms with Crippen LogP contribution in [0.2, 0.25) is 0 Å². The second-order valence-corrected chi connectivity index (χ2v) is 14.0. The lowest BCUT2D eigenvalue weighted by molar-refractivity contribution is -0.124. The maximum Gasteiger partial charge on any atom is 0.163 e. The lowest BCUT2D eigenvalue weighted by Gasteiger charge is -2.17. The van der Waals surface area contributed by atoms with Crippen molar-refractivity contribution in [2.24, 2.45) is 5.92 Å². The summed E-state index contributed by atoms with van der Waals surface area (Å²) in [4.78, 5) is 30.3. The Morgan fingerprint density at radius 2 is 1.53 bits per heavy atom. The van der Waals surface area contributed by atoms with E-state index in [0.29, 0.717) is 54.1 Å². The maximum atomic E-state index is 13.1. The molecule has 0 spiro atoms. The Morgan fingerprint density at radius 3 is 2.23 bits per heavy atom. The van der Waals surface area contributed by atoms with Crippen LogP contribution in [0.3, 0.4) is 0 Å². The van der Waals surface area contributed by atoms with Crippen LogP contribution in [0.15, 0.2) is 85.1 Å². The molecule has 1 unspecified atom stereocenters. The molecule has 0 bridgehead atoms. The minimum atomic E-state index is -0.447. The van der Waals surface area contributed by atoms with Crippen molar-refractivity contribution in [3.63, 3.8) is 0 Å². The van der Waals surface area contributed by atoms with Crippen molar-refractivity contribution in [3.8, 4) is 11.5 Å². The number of phenolic OH excluding ortho intramolecular Hbond substituents is 1. The van der Waals surface area contributed by atoms with Crippen LogP contribution >= 0.6 is 0 Å². The number of phenols is 1. The van der Waals surface area contributed by atoms with Gasteiger partial charge in [-0.25, -0.2) is 4.98 Å². The number of aromatic nitrogens is 1. The number of methoxy groups -OCH3 is 1. The summed E-state index contributed by atoms with van der Waals surface area (Å²) in [6, 6.07) is 24.2. The Morgan fingerprint density at radius 1 is 0.830 bits per heavy atom. The highest BCUT2D eigenvalue weighted by Crippen LogP contribution is 2.35. The first kappa shape index (κ1) is 41.0. The van der Waals surface area contributed by atoms with Crippen LogP contribution in [0, 0.1) is 5.92 Å². The van der Waals surface area contributed by atoms with E-state index in [2.05, 4.69) is 60.4 Å². The number of pyridine rings is 1. The zero-order chi connectivity index (χ0) is 38.0. The molecule has 4 aromatic rings. The average Bonchev–Trinajstić information content (AvgIpc) is 3.16. The third-order valence-electron chi connectivity index (χ3n) is 9.87. The van der Waals surface area contributed by atoms with Gasteiger partial charge >= 0.3 is 0 Å². The number of anilines is 1. The number of aliphatic hydroxyl groups is 2. The Kier molecular flexibility index (Phi) is 16.8. The number of carbonyl (C=O) groups excluding carboxylic acids is 2. The number of carbonyl (C=O) groups is 2. The van der Waals surface area contributed by atoms with E-state index in [9.17, 15) is 24.9 Å². The molecule has 5 N–H and O–H groups in total. The summed E-state index contributed by atoms with van der Waals surface area (Å²) in [5.41, 5.74) is 13.5. The molecule has 0 fully saturated rings. The Labute approximate surface area is 314 Å². The van der Waals surface area contributed by atoms with Gasteiger partial charge in [-0.1, -0.05) is 80.8 Å². The Bertz CT molecular complexity index is 1800. The van der Waals surface area contributed by atoms with E-state index >= 15 is 0 Å². The fourth-order valence-corrected chi connectivity index (χ4v) is 7.06. The van der Waals surface area contributed by atoms with Gasteiger partial charge in [0.1, 0.15) is 11.6 Å². The number of aryl methyl sites for hydroxylation is 4. The molecule has 282 valence electrons. The third kappa shape index (κ3) is 13.3. The summed E-state index contributed by atoms with van der Waals surface area (Å²) in [6.07, 6.45) is 12.4. The number of nitrogens with zero attached hydrogens (tertiary/aromatic N) is 1. The molecule has 4 rings (SSSR count). The highest BCUT2D eigenvalue weighted by Gasteiger charge is 2.18. The van der Waals surface area contributed by atoms with Crippen molar-refractivity contribution in [2.75, 3.05) is 26.1 Å². The average molecular weight is 721 g/mol. The molecule has 1 aromatic heterocycles. The molecule has 0 saturated heterocycles. The molecule has 53 heavy (non-hydrogen) atoms. The molecule has 0 amide bonds. The second-order valence-electron chi connectivity index (χ2n) is 14.0. The lowest BCUT2D eigenvalue weighted by atomic mass is 9.90. The van der Waals surface area contributed by atoms with Crippen LogP contribution in [0.1, 0.15) is 97.2 Å². The molecule has 8 nitrogen and oxygen atoms in total. The number of ether oxygens (including phenoxy) is 1. The van der Waals surface area contributed by atoms with E-state index in [0.717, 1.165) is 62.5 Å². The van der Waals surface area contributed by atoms with Gasteiger partial charge in [-0.05, 0) is 126 Å². The first-order chi connectivity index (χ1) is 25.7. The summed E-state index contributed by atoms with van der Waals surface area (Å²) < 4.78 is 5.40. The third-order valence-corrected chi connectivity index (χ3v) is 9.87. The molecule has 8 heteroatoms. The molecule has 0 aliphatic heterocycles. The number of hydrogen-bond acceptors (Lipinski definition) is 8. The van der Waals surface area contributed by atoms with E-state index in [4.69, 9.17) is 10.5 Å². The van der Waals surface area contributed by atoms with Crippen LogP contribution in [-0.4, -0.2) is 52.2 Å². The molecular weight excluding hydrogens is 665 g/mol. The summed E-state index contributed by atoms with van der Waals surface area (Å²) in [5.74, 6) is 0.500. The minimum absolute atomic E-state index is 0.0670. The van der Waals surface area contributed by atoms with Crippen molar-refractivity contribution in [3.05, 3.63) is 124 Å². The van der Waals surface area contributed by atoms with Crippen molar-refractivity contribution in [2.45, 2.75) is 90.4 Å². The van der Waals surface area contributed by atoms with Crippen LogP contribution in [0.4, 0.5) is 5.82 Å². The monoisotopic (exact) mass is 720 g/mol. The van der Waals surface area contributed by atoms with E-state index in [1.54, 1.807) is 18.3 Å². The van der Waals surface area contributed by atoms with Gasteiger partial charge in [0.2, 0.25) is 0 Å². The van der Waals surface area contributed by atoms with Gasteiger partial charge in [-0.15, -0.1) is 0 Å². The van der Waals surface area contributed by atoms with Crippen LogP contribution in [0.25, 0.3) is 5.57 Å². The van der Waals surface area contributed by atoms with Gasteiger partial charge in [0, 0.05) is 19.2 Å². The fourth-order valence-electron chi connectivity index (χ4n) is 7.06. The molecule has 0 radical (unpaired) electrons. The number of hydrogen-bond donors (Lipinski definition) is 4. The van der Waals surface area contributed by atoms with E-state index in [1.165, 1.54) is 29.9 Å². The van der Waals surface area contributed by atoms with Gasteiger partial charge in [-0.2, -0.15) is 0 Å². The quantitative estimate of drug-likeness (QED) is 0.0449. The topological polar surface area (TPSA) is 143 Å². The molecule has 0 saturated carbocycles. The van der Waals surface area contributed by atoms with Crippen molar-refractivity contribution < 1.29 is 29.6 Å². The zero-order valence-electron chi connectivity index (χ0n) is 31.4. The Balaban J connectivity index is 1.48. The number of nitrogens with two attached hydrogens (primary N) is 1. The molecule has 0 aliphatic rings. The highest BCUT2D eigenvalue weighted by molar-refractivity contribution is 6.07. The summed E-state index contributed by atoms with van der Waals surface area (Å²) in [6.45, 7) is 1.86. The van der Waals surface area contributed by atoms with Crippen molar-refractivity contribution in [1.82, 2.24) is 4.98 Å². The maximum absolute atomic E-state index is 13.1. The van der Waals surface area contributed by atoms with Gasteiger partial charge < -0.3 is 25.8 Å². The number of nitrogen functional groups attached to an aromatic ring is 1. The smallest absolute Gasteiger partial charge is 0.163 e. The van der Waals surface area contributed by atoms with Crippen molar-refractivity contribution in [1.29, 1.82) is 0 Å². The zero-order valence-corrected chi connectivity index (χ0v) is 31.4.